The average Bonchev–Trinajstić information content (AvgIpc) is 3.39. The molecule has 1 aliphatic heterocycles. The lowest BCUT2D eigenvalue weighted by Crippen LogP contribution is -2.41. The van der Waals surface area contributed by atoms with Gasteiger partial charge in [0.2, 0.25) is 0 Å². The Morgan fingerprint density at radius 1 is 1.10 bits per heavy atom. The Balaban J connectivity index is 1.59. The van der Waals surface area contributed by atoms with Gasteiger partial charge in [0.25, 0.3) is 5.91 Å². The van der Waals surface area contributed by atoms with E-state index in [-0.39, 0.29) is 24.6 Å². The van der Waals surface area contributed by atoms with Gasteiger partial charge in [-0.05, 0) is 31.2 Å². The highest BCUT2D eigenvalue weighted by Crippen LogP contribution is 2.28. The first kappa shape index (κ1) is 20.6. The van der Waals surface area contributed by atoms with Crippen molar-refractivity contribution in [3.8, 4) is 11.4 Å². The first-order chi connectivity index (χ1) is 15.0. The zero-order chi connectivity index (χ0) is 22.0. The van der Waals surface area contributed by atoms with Crippen molar-refractivity contribution in [2.24, 2.45) is 0 Å². The van der Waals surface area contributed by atoms with Gasteiger partial charge in [-0.3, -0.25) is 4.79 Å². The van der Waals surface area contributed by atoms with Crippen molar-refractivity contribution in [2.75, 3.05) is 13.7 Å². The minimum atomic E-state index is -0.825. The maximum Gasteiger partial charge on any atom is 0.328 e. The van der Waals surface area contributed by atoms with Crippen LogP contribution >= 0.6 is 0 Å². The van der Waals surface area contributed by atoms with Crippen LogP contribution in [0, 0.1) is 12.7 Å². The number of hydrogen-bond acceptors (Lipinski definition) is 5. The number of carbonyl (C=O) groups is 2. The Labute approximate surface area is 179 Å². The lowest BCUT2D eigenvalue weighted by Gasteiger charge is -2.22. The van der Waals surface area contributed by atoms with Gasteiger partial charge in [0.05, 0.1) is 36.8 Å². The van der Waals surface area contributed by atoms with Crippen LogP contribution in [-0.2, 0) is 9.53 Å². The molecule has 1 aromatic heterocycles. The molecule has 2 heterocycles. The topological polar surface area (TPSA) is 73.7 Å². The summed E-state index contributed by atoms with van der Waals surface area (Å²) in [5, 5.41) is 4.34. The third-order valence-corrected chi connectivity index (χ3v) is 5.37. The molecule has 4 rings (SSSR count). The average molecular weight is 423 g/mol. The molecule has 0 unspecified atom stereocenters. The van der Waals surface area contributed by atoms with Gasteiger partial charge in [0, 0.05) is 6.42 Å². The second-order valence-corrected chi connectivity index (χ2v) is 7.29. The van der Waals surface area contributed by atoms with Gasteiger partial charge in [-0.1, -0.05) is 30.3 Å². The summed E-state index contributed by atoms with van der Waals surface area (Å²) in [6.45, 7) is 1.92. The van der Waals surface area contributed by atoms with E-state index in [1.165, 1.54) is 30.3 Å². The van der Waals surface area contributed by atoms with Gasteiger partial charge in [-0.25, -0.2) is 13.9 Å². The number of carbonyl (C=O) groups excluding carboxylic acids is 2. The molecule has 0 radical (unpaired) electrons. The van der Waals surface area contributed by atoms with Crippen molar-refractivity contribution in [3.05, 3.63) is 77.9 Å². The summed E-state index contributed by atoms with van der Waals surface area (Å²) in [5.74, 6) is -1.31. The number of para-hydroxylation sites is 2. The van der Waals surface area contributed by atoms with Crippen LogP contribution in [0.15, 0.2) is 60.8 Å². The fraction of sp³-hybridized carbons (Fsp3) is 0.261. The Kier molecular flexibility index (Phi) is 5.70. The zero-order valence-electron chi connectivity index (χ0n) is 17.2. The van der Waals surface area contributed by atoms with Crippen LogP contribution in [0.1, 0.15) is 22.5 Å². The normalized spacial score (nSPS) is 18.1. The molecule has 8 heteroatoms. The molecule has 0 bridgehead atoms. The minimum absolute atomic E-state index is 0.0819. The number of methoxy groups -OCH3 is 1. The minimum Gasteiger partial charge on any atom is -0.485 e. The van der Waals surface area contributed by atoms with Crippen LogP contribution in [0.4, 0.5) is 4.39 Å². The van der Waals surface area contributed by atoms with E-state index < -0.39 is 23.9 Å². The van der Waals surface area contributed by atoms with Crippen LogP contribution in [0.2, 0.25) is 0 Å². The number of esters is 1. The Morgan fingerprint density at radius 3 is 2.52 bits per heavy atom. The van der Waals surface area contributed by atoms with E-state index in [0.717, 1.165) is 5.69 Å². The third kappa shape index (κ3) is 4.01. The molecule has 1 aliphatic rings. The molecule has 31 heavy (non-hydrogen) atoms. The van der Waals surface area contributed by atoms with E-state index in [2.05, 4.69) is 5.10 Å². The highest BCUT2D eigenvalue weighted by molar-refractivity contribution is 5.98. The molecular weight excluding hydrogens is 401 g/mol. The van der Waals surface area contributed by atoms with Crippen LogP contribution in [0.5, 0.6) is 5.75 Å². The predicted octanol–water partition coefficient (Wildman–Crippen LogP) is 3.15. The molecule has 1 amide bonds. The summed E-state index contributed by atoms with van der Waals surface area (Å²) in [4.78, 5) is 27.1. The fourth-order valence-electron chi connectivity index (χ4n) is 3.79. The summed E-state index contributed by atoms with van der Waals surface area (Å²) in [6, 6.07) is 14.7. The molecule has 0 spiro atoms. The molecule has 160 valence electrons. The quantitative estimate of drug-likeness (QED) is 0.590. The second kappa shape index (κ2) is 8.59. The van der Waals surface area contributed by atoms with Crippen molar-refractivity contribution < 1.29 is 23.5 Å². The van der Waals surface area contributed by atoms with Crippen molar-refractivity contribution >= 4 is 11.9 Å². The smallest absolute Gasteiger partial charge is 0.328 e. The van der Waals surface area contributed by atoms with E-state index in [0.29, 0.717) is 11.3 Å². The molecule has 0 N–H and O–H groups in total. The van der Waals surface area contributed by atoms with Crippen LogP contribution in [-0.4, -0.2) is 52.4 Å². The fourth-order valence-corrected chi connectivity index (χ4v) is 3.79. The van der Waals surface area contributed by atoms with Gasteiger partial charge in [-0.2, -0.15) is 5.10 Å². The van der Waals surface area contributed by atoms with E-state index in [4.69, 9.17) is 9.47 Å². The number of rotatable bonds is 5. The lowest BCUT2D eigenvalue weighted by molar-refractivity contribution is -0.145. The predicted molar refractivity (Wildman–Crippen MR) is 111 cm³/mol. The molecule has 3 aromatic rings. The van der Waals surface area contributed by atoms with E-state index in [1.807, 2.05) is 30.3 Å². The highest BCUT2D eigenvalue weighted by Gasteiger charge is 2.42. The van der Waals surface area contributed by atoms with Crippen molar-refractivity contribution in [1.29, 1.82) is 0 Å². The lowest BCUT2D eigenvalue weighted by atomic mass is 10.1. The zero-order valence-corrected chi connectivity index (χ0v) is 17.2. The van der Waals surface area contributed by atoms with Crippen molar-refractivity contribution in [1.82, 2.24) is 14.7 Å². The maximum absolute atomic E-state index is 14.0. The largest absolute Gasteiger partial charge is 0.485 e. The summed E-state index contributed by atoms with van der Waals surface area (Å²) in [6.07, 6.45) is 1.15. The second-order valence-electron chi connectivity index (χ2n) is 7.29. The number of likely N-dealkylation sites (tertiary alicyclic amines) is 1. The highest BCUT2D eigenvalue weighted by atomic mass is 19.1. The van der Waals surface area contributed by atoms with E-state index in [1.54, 1.807) is 23.7 Å². The number of hydrogen-bond donors (Lipinski definition) is 0. The number of amides is 1. The molecule has 2 aromatic carbocycles. The first-order valence-corrected chi connectivity index (χ1v) is 9.89. The molecule has 1 saturated heterocycles. The SMILES string of the molecule is COC(=O)[C@@H]1C[C@H](Oc2ccccc2F)CN1C(=O)c1cnn(-c2ccccc2)c1C. The Bertz CT molecular complexity index is 1100. The number of benzene rings is 2. The third-order valence-electron chi connectivity index (χ3n) is 5.37. The summed E-state index contributed by atoms with van der Waals surface area (Å²) in [5.41, 5.74) is 1.85. The monoisotopic (exact) mass is 423 g/mol. The number of aromatic nitrogens is 2. The van der Waals surface area contributed by atoms with Gasteiger partial charge in [0.15, 0.2) is 11.6 Å². The van der Waals surface area contributed by atoms with E-state index in [9.17, 15) is 14.0 Å². The summed E-state index contributed by atoms with van der Waals surface area (Å²) in [7, 11) is 1.27. The van der Waals surface area contributed by atoms with Crippen LogP contribution < -0.4 is 4.74 Å². The van der Waals surface area contributed by atoms with Crippen LogP contribution in [0.25, 0.3) is 5.69 Å². The molecule has 0 aliphatic carbocycles. The molecular formula is C23H22FN3O4. The van der Waals surface area contributed by atoms with Gasteiger partial charge in [0.1, 0.15) is 12.1 Å². The van der Waals surface area contributed by atoms with Gasteiger partial charge < -0.3 is 14.4 Å². The molecule has 7 nitrogen and oxygen atoms in total. The molecule has 0 saturated carbocycles. The Morgan fingerprint density at radius 2 is 1.81 bits per heavy atom. The van der Waals surface area contributed by atoms with Crippen molar-refractivity contribution in [2.45, 2.75) is 25.5 Å². The van der Waals surface area contributed by atoms with Gasteiger partial charge >= 0.3 is 5.97 Å². The molecule has 1 fully saturated rings. The first-order valence-electron chi connectivity index (χ1n) is 9.89. The Hall–Kier alpha value is -3.68. The van der Waals surface area contributed by atoms with Crippen molar-refractivity contribution in [3.63, 3.8) is 0 Å². The van der Waals surface area contributed by atoms with Gasteiger partial charge in [-0.15, -0.1) is 0 Å². The number of nitrogens with zero attached hydrogens (tertiary/aromatic N) is 3. The summed E-state index contributed by atoms with van der Waals surface area (Å²) >= 11 is 0. The molecule has 2 atom stereocenters. The standard InChI is InChI=1S/C23H22FN3O4/c1-15-18(13-25-27(15)16-8-4-3-5-9-16)22(28)26-14-17(12-20(26)23(29)30-2)31-21-11-7-6-10-19(21)24/h3-11,13,17,20H,12,14H2,1-2H3/t17-,20-/m0/s1. The number of ether oxygens (including phenoxy) is 2. The maximum atomic E-state index is 14.0. The van der Waals surface area contributed by atoms with E-state index >= 15 is 0 Å². The summed E-state index contributed by atoms with van der Waals surface area (Å²) < 4.78 is 26.3. The van der Waals surface area contributed by atoms with Crippen LogP contribution in [0.3, 0.4) is 0 Å². The number of halogens is 1.